The number of rotatable bonds is 5. The number of H-pyrrole nitrogens is 1. The summed E-state index contributed by atoms with van der Waals surface area (Å²) in [5.74, 6) is 0.266. The quantitative estimate of drug-likeness (QED) is 0.773. The SMILES string of the molecule is CC(=O)c1[nH]c(C)c(C(=O)N2CCC(CNC(=O)c3cccs3)CC2)c1C. The number of carbonyl (C=O) groups excluding carboxylic acids is 3. The highest BCUT2D eigenvalue weighted by molar-refractivity contribution is 7.12. The number of nitrogens with one attached hydrogen (secondary N) is 2. The topological polar surface area (TPSA) is 82.3 Å². The highest BCUT2D eigenvalue weighted by Gasteiger charge is 2.28. The van der Waals surface area contributed by atoms with Gasteiger partial charge < -0.3 is 15.2 Å². The van der Waals surface area contributed by atoms with Crippen LogP contribution in [-0.2, 0) is 0 Å². The molecule has 0 saturated carbocycles. The van der Waals surface area contributed by atoms with E-state index in [1.165, 1.54) is 18.3 Å². The van der Waals surface area contributed by atoms with E-state index >= 15 is 0 Å². The summed E-state index contributed by atoms with van der Waals surface area (Å²) in [6.45, 7) is 7.12. The van der Waals surface area contributed by atoms with E-state index in [1.807, 2.05) is 36.3 Å². The summed E-state index contributed by atoms with van der Waals surface area (Å²) in [6.07, 6.45) is 1.72. The number of thiophene rings is 1. The van der Waals surface area contributed by atoms with E-state index in [1.54, 1.807) is 0 Å². The summed E-state index contributed by atoms with van der Waals surface area (Å²) >= 11 is 1.43. The fourth-order valence-electron chi connectivity index (χ4n) is 3.65. The Labute approximate surface area is 163 Å². The molecule has 144 valence electrons. The van der Waals surface area contributed by atoms with Crippen LogP contribution in [0.4, 0.5) is 0 Å². The summed E-state index contributed by atoms with van der Waals surface area (Å²) in [5, 5.41) is 4.88. The fraction of sp³-hybridized carbons (Fsp3) is 0.450. The van der Waals surface area contributed by atoms with Crippen LogP contribution in [-0.4, -0.2) is 47.1 Å². The number of hydrogen-bond donors (Lipinski definition) is 2. The van der Waals surface area contributed by atoms with E-state index in [-0.39, 0.29) is 17.6 Å². The van der Waals surface area contributed by atoms with Crippen molar-refractivity contribution in [2.24, 2.45) is 5.92 Å². The van der Waals surface area contributed by atoms with Gasteiger partial charge in [0.2, 0.25) is 0 Å². The monoisotopic (exact) mass is 387 g/mol. The molecule has 2 N–H and O–H groups in total. The number of amides is 2. The smallest absolute Gasteiger partial charge is 0.261 e. The number of aromatic amines is 1. The maximum absolute atomic E-state index is 12.9. The lowest BCUT2D eigenvalue weighted by molar-refractivity contribution is 0.0683. The molecule has 1 aliphatic rings. The molecular formula is C20H25N3O3S. The van der Waals surface area contributed by atoms with Crippen LogP contribution in [0, 0.1) is 19.8 Å². The predicted molar refractivity (Wildman–Crippen MR) is 106 cm³/mol. The van der Waals surface area contributed by atoms with Crippen molar-refractivity contribution >= 4 is 28.9 Å². The molecule has 6 nitrogen and oxygen atoms in total. The Morgan fingerprint density at radius 3 is 2.52 bits per heavy atom. The average Bonchev–Trinajstić information content (AvgIpc) is 3.28. The van der Waals surface area contributed by atoms with Crippen LogP contribution in [0.25, 0.3) is 0 Å². The number of aromatic nitrogens is 1. The molecule has 2 aromatic heterocycles. The van der Waals surface area contributed by atoms with Crippen molar-refractivity contribution in [1.29, 1.82) is 0 Å². The van der Waals surface area contributed by atoms with E-state index in [2.05, 4.69) is 10.3 Å². The van der Waals surface area contributed by atoms with Gasteiger partial charge in [-0.25, -0.2) is 0 Å². The van der Waals surface area contributed by atoms with E-state index in [9.17, 15) is 14.4 Å². The van der Waals surface area contributed by atoms with Crippen molar-refractivity contribution in [3.05, 3.63) is 44.9 Å². The van der Waals surface area contributed by atoms with Crippen LogP contribution >= 0.6 is 11.3 Å². The van der Waals surface area contributed by atoms with Gasteiger partial charge in [0.25, 0.3) is 11.8 Å². The van der Waals surface area contributed by atoms with Gasteiger partial charge in [-0.3, -0.25) is 14.4 Å². The molecule has 0 unspecified atom stereocenters. The molecule has 7 heteroatoms. The molecule has 2 aromatic rings. The van der Waals surface area contributed by atoms with Gasteiger partial charge in [0.15, 0.2) is 5.78 Å². The number of Topliss-reactive ketones (excluding diaryl/α,β-unsaturated/α-hetero) is 1. The minimum atomic E-state index is -0.0603. The minimum Gasteiger partial charge on any atom is -0.355 e. The van der Waals surface area contributed by atoms with Gasteiger partial charge in [-0.05, 0) is 49.6 Å². The van der Waals surface area contributed by atoms with Gasteiger partial charge >= 0.3 is 0 Å². The molecule has 1 fully saturated rings. The van der Waals surface area contributed by atoms with Crippen LogP contribution in [0.3, 0.4) is 0 Å². The first kappa shape index (κ1) is 19.4. The largest absolute Gasteiger partial charge is 0.355 e. The number of likely N-dealkylation sites (tertiary alicyclic amines) is 1. The zero-order valence-electron chi connectivity index (χ0n) is 15.9. The lowest BCUT2D eigenvalue weighted by atomic mass is 9.95. The van der Waals surface area contributed by atoms with E-state index < -0.39 is 0 Å². The first-order valence-corrected chi connectivity index (χ1v) is 10.1. The van der Waals surface area contributed by atoms with E-state index in [4.69, 9.17) is 0 Å². The van der Waals surface area contributed by atoms with Gasteiger partial charge in [-0.2, -0.15) is 0 Å². The normalized spacial score (nSPS) is 15.0. The molecule has 0 atom stereocenters. The third kappa shape index (κ3) is 4.13. The number of ketones is 1. The molecule has 0 spiro atoms. The number of nitrogens with zero attached hydrogens (tertiary/aromatic N) is 1. The Kier molecular flexibility index (Phi) is 5.79. The van der Waals surface area contributed by atoms with Crippen LogP contribution in [0.15, 0.2) is 17.5 Å². The Bertz CT molecular complexity index is 846. The Hall–Kier alpha value is -2.41. The fourth-order valence-corrected chi connectivity index (χ4v) is 4.29. The minimum absolute atomic E-state index is 0.0187. The zero-order chi connectivity index (χ0) is 19.6. The van der Waals surface area contributed by atoms with Crippen molar-refractivity contribution in [1.82, 2.24) is 15.2 Å². The zero-order valence-corrected chi connectivity index (χ0v) is 16.7. The van der Waals surface area contributed by atoms with Crippen molar-refractivity contribution in [3.8, 4) is 0 Å². The third-order valence-electron chi connectivity index (χ3n) is 5.20. The molecular weight excluding hydrogens is 362 g/mol. The molecule has 2 amide bonds. The Morgan fingerprint density at radius 1 is 1.26 bits per heavy atom. The lowest BCUT2D eigenvalue weighted by Crippen LogP contribution is -2.41. The first-order valence-electron chi connectivity index (χ1n) is 9.19. The van der Waals surface area contributed by atoms with Gasteiger partial charge in [0, 0.05) is 32.3 Å². The van der Waals surface area contributed by atoms with E-state index in [0.29, 0.717) is 36.8 Å². The van der Waals surface area contributed by atoms with Crippen molar-refractivity contribution in [3.63, 3.8) is 0 Å². The molecule has 1 aliphatic heterocycles. The van der Waals surface area contributed by atoms with Crippen molar-refractivity contribution < 1.29 is 14.4 Å². The number of hydrogen-bond acceptors (Lipinski definition) is 4. The molecule has 27 heavy (non-hydrogen) atoms. The van der Waals surface area contributed by atoms with Gasteiger partial charge in [-0.1, -0.05) is 6.07 Å². The van der Waals surface area contributed by atoms with Crippen LogP contribution in [0.1, 0.15) is 61.5 Å². The lowest BCUT2D eigenvalue weighted by Gasteiger charge is -2.32. The standard InChI is InChI=1S/C20H25N3O3S/c1-12-17(13(2)22-18(12)14(3)24)20(26)23-8-6-15(7-9-23)11-21-19(25)16-5-4-10-27-16/h4-5,10,15,22H,6-9,11H2,1-3H3,(H,21,25). The second-order valence-corrected chi connectivity index (χ2v) is 8.05. The highest BCUT2D eigenvalue weighted by atomic mass is 32.1. The molecule has 3 heterocycles. The Morgan fingerprint density at radius 2 is 1.96 bits per heavy atom. The highest BCUT2D eigenvalue weighted by Crippen LogP contribution is 2.24. The molecule has 0 bridgehead atoms. The second-order valence-electron chi connectivity index (χ2n) is 7.10. The summed E-state index contributed by atoms with van der Waals surface area (Å²) < 4.78 is 0. The Balaban J connectivity index is 1.55. The number of piperidine rings is 1. The first-order chi connectivity index (χ1) is 12.9. The van der Waals surface area contributed by atoms with Crippen molar-refractivity contribution in [2.75, 3.05) is 19.6 Å². The van der Waals surface area contributed by atoms with Gasteiger partial charge in [0.05, 0.1) is 16.1 Å². The summed E-state index contributed by atoms with van der Waals surface area (Å²) in [4.78, 5) is 42.3. The number of carbonyl (C=O) groups is 3. The molecule has 3 rings (SSSR count). The van der Waals surface area contributed by atoms with Gasteiger partial charge in [-0.15, -0.1) is 11.3 Å². The predicted octanol–water partition coefficient (Wildman–Crippen LogP) is 3.18. The van der Waals surface area contributed by atoms with Crippen LogP contribution in [0.2, 0.25) is 0 Å². The third-order valence-corrected chi connectivity index (χ3v) is 6.07. The van der Waals surface area contributed by atoms with Crippen LogP contribution in [0.5, 0.6) is 0 Å². The average molecular weight is 388 g/mol. The summed E-state index contributed by atoms with van der Waals surface area (Å²) in [5.41, 5.74) is 2.61. The molecule has 0 aromatic carbocycles. The van der Waals surface area contributed by atoms with Crippen LogP contribution < -0.4 is 5.32 Å². The van der Waals surface area contributed by atoms with E-state index in [0.717, 1.165) is 29.0 Å². The summed E-state index contributed by atoms with van der Waals surface area (Å²) in [7, 11) is 0. The van der Waals surface area contributed by atoms with Gasteiger partial charge in [0.1, 0.15) is 0 Å². The second kappa shape index (κ2) is 8.08. The van der Waals surface area contributed by atoms with Crippen molar-refractivity contribution in [2.45, 2.75) is 33.6 Å². The maximum Gasteiger partial charge on any atom is 0.261 e. The maximum atomic E-state index is 12.9. The molecule has 0 aliphatic carbocycles. The summed E-state index contributed by atoms with van der Waals surface area (Å²) in [6, 6.07) is 3.68. The molecule has 1 saturated heterocycles. The molecule has 0 radical (unpaired) electrons. The number of aryl methyl sites for hydroxylation is 1.